The molecular formula is C9H14ClN3S. The monoisotopic (exact) mass is 231 g/mol. The number of hydrogen-bond donors (Lipinski definition) is 0. The molecule has 1 fully saturated rings. The van der Waals surface area contributed by atoms with Gasteiger partial charge in [0.25, 0.3) is 0 Å². The van der Waals surface area contributed by atoms with Gasteiger partial charge in [0.05, 0.1) is 23.6 Å². The molecule has 2 unspecified atom stereocenters. The minimum atomic E-state index is 0.578. The van der Waals surface area contributed by atoms with Crippen molar-refractivity contribution >= 4 is 23.3 Å². The van der Waals surface area contributed by atoms with Gasteiger partial charge in [0.1, 0.15) is 0 Å². The van der Waals surface area contributed by atoms with E-state index in [-0.39, 0.29) is 0 Å². The molecule has 0 aliphatic carbocycles. The minimum Gasteiger partial charge on any atom is -0.294 e. The third-order valence-corrected chi connectivity index (χ3v) is 3.93. The Kier molecular flexibility index (Phi) is 3.36. The lowest BCUT2D eigenvalue weighted by molar-refractivity contribution is 0.238. The van der Waals surface area contributed by atoms with E-state index < -0.39 is 0 Å². The van der Waals surface area contributed by atoms with Gasteiger partial charge in [0, 0.05) is 18.5 Å². The molecule has 5 heteroatoms. The van der Waals surface area contributed by atoms with Crippen molar-refractivity contribution in [3.63, 3.8) is 0 Å². The highest BCUT2D eigenvalue weighted by Crippen LogP contribution is 2.26. The van der Waals surface area contributed by atoms with Gasteiger partial charge < -0.3 is 0 Å². The number of aromatic nitrogens is 2. The van der Waals surface area contributed by atoms with Crippen molar-refractivity contribution in [2.75, 3.05) is 12.4 Å². The SMILES string of the molecule is CC1C(CCl)CCN1Cc1cnsn1. The zero-order valence-electron chi connectivity index (χ0n) is 8.19. The topological polar surface area (TPSA) is 29.0 Å². The maximum absolute atomic E-state index is 5.90. The van der Waals surface area contributed by atoms with Gasteiger partial charge in [-0.25, -0.2) is 0 Å². The van der Waals surface area contributed by atoms with Crippen molar-refractivity contribution < 1.29 is 0 Å². The summed E-state index contributed by atoms with van der Waals surface area (Å²) in [5.41, 5.74) is 1.08. The maximum atomic E-state index is 5.90. The number of likely N-dealkylation sites (tertiary alicyclic amines) is 1. The number of nitrogens with zero attached hydrogens (tertiary/aromatic N) is 3. The molecule has 0 N–H and O–H groups in total. The van der Waals surface area contributed by atoms with Crippen LogP contribution < -0.4 is 0 Å². The predicted molar refractivity (Wildman–Crippen MR) is 58.6 cm³/mol. The van der Waals surface area contributed by atoms with Gasteiger partial charge in [0.2, 0.25) is 0 Å². The first kappa shape index (κ1) is 10.3. The fraction of sp³-hybridized carbons (Fsp3) is 0.778. The molecule has 1 aromatic heterocycles. The summed E-state index contributed by atoms with van der Waals surface area (Å²) in [5.74, 6) is 1.41. The van der Waals surface area contributed by atoms with E-state index in [1.165, 1.54) is 18.1 Å². The molecule has 1 aliphatic rings. The Bertz CT molecular complexity index is 278. The van der Waals surface area contributed by atoms with E-state index in [4.69, 9.17) is 11.6 Å². The van der Waals surface area contributed by atoms with Crippen LogP contribution in [0.5, 0.6) is 0 Å². The van der Waals surface area contributed by atoms with Crippen molar-refractivity contribution in [1.82, 2.24) is 13.6 Å². The molecule has 1 aromatic rings. The van der Waals surface area contributed by atoms with Crippen LogP contribution in [0.1, 0.15) is 19.0 Å². The van der Waals surface area contributed by atoms with Crippen molar-refractivity contribution in [3.05, 3.63) is 11.9 Å². The van der Waals surface area contributed by atoms with E-state index in [0.29, 0.717) is 12.0 Å². The number of rotatable bonds is 3. The Balaban J connectivity index is 1.94. The Hall–Kier alpha value is -0.190. The first-order chi connectivity index (χ1) is 6.81. The zero-order valence-corrected chi connectivity index (χ0v) is 9.76. The fourth-order valence-corrected chi connectivity index (χ4v) is 2.80. The highest BCUT2D eigenvalue weighted by molar-refractivity contribution is 6.99. The molecule has 0 amide bonds. The highest BCUT2D eigenvalue weighted by Gasteiger charge is 2.29. The molecule has 1 saturated heterocycles. The smallest absolute Gasteiger partial charge is 0.0883 e. The first-order valence-corrected chi connectivity index (χ1v) is 6.14. The molecule has 14 heavy (non-hydrogen) atoms. The Morgan fingerprint density at radius 1 is 1.71 bits per heavy atom. The fourth-order valence-electron chi connectivity index (χ4n) is 1.97. The van der Waals surface area contributed by atoms with Gasteiger partial charge in [-0.3, -0.25) is 4.90 Å². The van der Waals surface area contributed by atoms with E-state index in [1.807, 2.05) is 6.20 Å². The lowest BCUT2D eigenvalue weighted by atomic mass is 10.1. The van der Waals surface area contributed by atoms with Crippen LogP contribution in [0.2, 0.25) is 0 Å². The normalized spacial score (nSPS) is 28.4. The average molecular weight is 232 g/mol. The molecule has 2 heterocycles. The van der Waals surface area contributed by atoms with E-state index in [2.05, 4.69) is 20.6 Å². The second kappa shape index (κ2) is 4.55. The Labute approximate surface area is 93.4 Å². The van der Waals surface area contributed by atoms with Gasteiger partial charge in [-0.15, -0.1) is 11.6 Å². The van der Waals surface area contributed by atoms with Gasteiger partial charge in [-0.1, -0.05) is 0 Å². The highest BCUT2D eigenvalue weighted by atomic mass is 35.5. The summed E-state index contributed by atoms with van der Waals surface area (Å²) in [6.45, 7) is 4.31. The van der Waals surface area contributed by atoms with Crippen LogP contribution in [-0.4, -0.2) is 32.1 Å². The predicted octanol–water partition coefficient (Wildman–Crippen LogP) is 1.99. The molecule has 0 saturated carbocycles. The molecule has 78 valence electrons. The van der Waals surface area contributed by atoms with Gasteiger partial charge in [-0.05, 0) is 25.8 Å². The summed E-state index contributed by atoms with van der Waals surface area (Å²) in [6, 6.07) is 0.578. The molecule has 1 aliphatic heterocycles. The van der Waals surface area contributed by atoms with Crippen molar-refractivity contribution in [2.24, 2.45) is 5.92 Å². The summed E-state index contributed by atoms with van der Waals surface area (Å²) in [5, 5.41) is 0. The van der Waals surface area contributed by atoms with Crippen molar-refractivity contribution in [2.45, 2.75) is 25.9 Å². The van der Waals surface area contributed by atoms with Crippen LogP contribution in [0.4, 0.5) is 0 Å². The van der Waals surface area contributed by atoms with Gasteiger partial charge in [-0.2, -0.15) is 8.75 Å². The van der Waals surface area contributed by atoms with Crippen LogP contribution in [0, 0.1) is 5.92 Å². The summed E-state index contributed by atoms with van der Waals surface area (Å²) in [4.78, 5) is 2.43. The summed E-state index contributed by atoms with van der Waals surface area (Å²) in [7, 11) is 0. The third-order valence-electron chi connectivity index (χ3n) is 3.02. The van der Waals surface area contributed by atoms with E-state index in [9.17, 15) is 0 Å². The third kappa shape index (κ3) is 2.07. The summed E-state index contributed by atoms with van der Waals surface area (Å²) in [6.07, 6.45) is 3.06. The van der Waals surface area contributed by atoms with E-state index in [1.54, 1.807) is 0 Å². The molecule has 0 bridgehead atoms. The molecule has 0 radical (unpaired) electrons. The standard InChI is InChI=1S/C9H14ClN3S/c1-7-8(4-10)2-3-13(7)6-9-5-11-14-12-9/h5,7-8H,2-4,6H2,1H3. The average Bonchev–Trinajstić information content (AvgIpc) is 2.79. The Morgan fingerprint density at radius 3 is 3.14 bits per heavy atom. The van der Waals surface area contributed by atoms with Gasteiger partial charge in [0.15, 0.2) is 0 Å². The largest absolute Gasteiger partial charge is 0.294 e. The number of hydrogen-bond acceptors (Lipinski definition) is 4. The molecular weight excluding hydrogens is 218 g/mol. The Morgan fingerprint density at radius 2 is 2.57 bits per heavy atom. The minimum absolute atomic E-state index is 0.578. The van der Waals surface area contributed by atoms with Crippen LogP contribution in [0.3, 0.4) is 0 Å². The van der Waals surface area contributed by atoms with Gasteiger partial charge >= 0.3 is 0 Å². The van der Waals surface area contributed by atoms with E-state index in [0.717, 1.165) is 24.7 Å². The van der Waals surface area contributed by atoms with Crippen LogP contribution in [0.15, 0.2) is 6.20 Å². The summed E-state index contributed by atoms with van der Waals surface area (Å²) >= 11 is 7.18. The van der Waals surface area contributed by atoms with E-state index >= 15 is 0 Å². The number of alkyl halides is 1. The second-order valence-corrected chi connectivity index (χ2v) is 4.68. The molecule has 2 rings (SSSR count). The lowest BCUT2D eigenvalue weighted by Gasteiger charge is -2.22. The molecule has 0 spiro atoms. The first-order valence-electron chi connectivity index (χ1n) is 4.87. The van der Waals surface area contributed by atoms with Crippen molar-refractivity contribution in [1.29, 1.82) is 0 Å². The maximum Gasteiger partial charge on any atom is 0.0883 e. The lowest BCUT2D eigenvalue weighted by Crippen LogP contribution is -2.30. The summed E-state index contributed by atoms with van der Waals surface area (Å²) < 4.78 is 8.23. The zero-order chi connectivity index (χ0) is 9.97. The second-order valence-electron chi connectivity index (χ2n) is 3.81. The van der Waals surface area contributed by atoms with Crippen LogP contribution in [-0.2, 0) is 6.54 Å². The number of halogens is 1. The van der Waals surface area contributed by atoms with Crippen molar-refractivity contribution in [3.8, 4) is 0 Å². The van der Waals surface area contributed by atoms with Crippen LogP contribution >= 0.6 is 23.3 Å². The molecule has 3 nitrogen and oxygen atoms in total. The van der Waals surface area contributed by atoms with Crippen LogP contribution in [0.25, 0.3) is 0 Å². The quantitative estimate of drug-likeness (QED) is 0.745. The molecule has 0 aromatic carbocycles. The molecule has 2 atom stereocenters.